The Kier molecular flexibility index (Phi) is 16.0. The van der Waals surface area contributed by atoms with Crippen LogP contribution < -0.4 is 0 Å². The van der Waals surface area contributed by atoms with E-state index in [1.807, 2.05) is 0 Å². The van der Waals surface area contributed by atoms with Gasteiger partial charge in [0, 0.05) is 0 Å². The number of hydrogen-bond acceptors (Lipinski definition) is 4. The molecule has 22 heavy (non-hydrogen) atoms. The first-order valence-corrected chi connectivity index (χ1v) is 9.17. The molecule has 0 aromatic rings. The second kappa shape index (κ2) is 16.6. The summed E-state index contributed by atoms with van der Waals surface area (Å²) in [5, 5.41) is 0. The first kappa shape index (κ1) is 21.2. The van der Waals surface area contributed by atoms with Crippen LogP contribution in [0.25, 0.3) is 0 Å². The highest BCUT2D eigenvalue weighted by Gasteiger charge is 2.06. The second-order valence-corrected chi connectivity index (χ2v) is 6.22. The molecule has 0 aromatic carbocycles. The minimum absolute atomic E-state index is 0.140. The Balaban J connectivity index is 3.09. The fourth-order valence-corrected chi connectivity index (χ4v) is 2.26. The van der Waals surface area contributed by atoms with E-state index in [-0.39, 0.29) is 6.10 Å². The molecule has 0 aliphatic rings. The fraction of sp³-hybridized carbons (Fsp3) is 0.944. The zero-order valence-electron chi connectivity index (χ0n) is 14.9. The van der Waals surface area contributed by atoms with Crippen molar-refractivity contribution in [1.29, 1.82) is 0 Å². The number of carbonyl (C=O) groups excluding carboxylic acids is 1. The summed E-state index contributed by atoms with van der Waals surface area (Å²) in [5.74, 6) is 0. The molecule has 0 aromatic heterocycles. The second-order valence-electron chi connectivity index (χ2n) is 6.22. The third kappa shape index (κ3) is 17.3. The van der Waals surface area contributed by atoms with Crippen molar-refractivity contribution in [2.45, 2.75) is 104 Å². The van der Waals surface area contributed by atoms with Crippen molar-refractivity contribution in [3.05, 3.63) is 0 Å². The highest BCUT2D eigenvalue weighted by molar-refractivity contribution is 5.58. The van der Waals surface area contributed by atoms with Gasteiger partial charge in [0.25, 0.3) is 0 Å². The lowest BCUT2D eigenvalue weighted by molar-refractivity contribution is -0.278. The van der Waals surface area contributed by atoms with E-state index in [1.165, 1.54) is 64.2 Å². The van der Waals surface area contributed by atoms with Crippen LogP contribution >= 0.6 is 0 Å². The molecule has 0 amide bonds. The summed E-state index contributed by atoms with van der Waals surface area (Å²) in [6.07, 6.45) is 14.6. The summed E-state index contributed by atoms with van der Waals surface area (Å²) in [5.41, 5.74) is 0. The largest absolute Gasteiger partial charge is 0.540 e. The van der Waals surface area contributed by atoms with Crippen LogP contribution in [0.3, 0.4) is 0 Å². The van der Waals surface area contributed by atoms with E-state index in [9.17, 15) is 4.79 Å². The Morgan fingerprint density at radius 3 is 1.68 bits per heavy atom. The maximum atomic E-state index is 11.1. The quantitative estimate of drug-likeness (QED) is 0.157. The summed E-state index contributed by atoms with van der Waals surface area (Å²) >= 11 is 0. The average molecular weight is 316 g/mol. The lowest BCUT2D eigenvalue weighted by Crippen LogP contribution is -2.12. The molecule has 0 fully saturated rings. The predicted octanol–water partition coefficient (Wildman–Crippen LogP) is 6.18. The minimum atomic E-state index is -0.739. The first-order chi connectivity index (χ1) is 10.7. The summed E-state index contributed by atoms with van der Waals surface area (Å²) in [6, 6.07) is 0. The number of unbranched alkanes of at least 4 members (excludes halogenated alkanes) is 11. The van der Waals surface area contributed by atoms with Gasteiger partial charge in [-0.25, -0.2) is 4.79 Å². The normalized spacial score (nSPS) is 10.9. The standard InChI is InChI=1S/C18H36O4/c1-4-5-6-7-8-9-10-11-12-13-14-15-16-20-18(19)22-21-17(2)3/h17H,4-16H2,1-3H3. The molecule has 0 N–H and O–H groups in total. The highest BCUT2D eigenvalue weighted by atomic mass is 17.2. The number of ether oxygens (including phenoxy) is 1. The molecule has 132 valence electrons. The van der Waals surface area contributed by atoms with Gasteiger partial charge in [-0.1, -0.05) is 77.6 Å². The SMILES string of the molecule is CCCCCCCCCCCCCCOC(=O)OOC(C)C. The fourth-order valence-electron chi connectivity index (χ4n) is 2.26. The van der Waals surface area contributed by atoms with Gasteiger partial charge >= 0.3 is 6.16 Å². The molecule has 0 unspecified atom stereocenters. The maximum absolute atomic E-state index is 11.1. The zero-order chi connectivity index (χ0) is 16.5. The average Bonchev–Trinajstić information content (AvgIpc) is 2.49. The van der Waals surface area contributed by atoms with Crippen LogP contribution in [0.2, 0.25) is 0 Å². The van der Waals surface area contributed by atoms with Crippen molar-refractivity contribution in [2.75, 3.05) is 6.61 Å². The molecule has 0 saturated carbocycles. The summed E-state index contributed by atoms with van der Waals surface area (Å²) < 4.78 is 4.90. The number of hydrogen-bond donors (Lipinski definition) is 0. The van der Waals surface area contributed by atoms with Gasteiger partial charge in [0.15, 0.2) is 0 Å². The Morgan fingerprint density at radius 2 is 1.23 bits per heavy atom. The topological polar surface area (TPSA) is 44.8 Å². The van der Waals surface area contributed by atoms with Crippen LogP contribution in [0.5, 0.6) is 0 Å². The lowest BCUT2D eigenvalue weighted by atomic mass is 10.1. The van der Waals surface area contributed by atoms with Crippen LogP contribution in [0.1, 0.15) is 97.8 Å². The summed E-state index contributed by atoms with van der Waals surface area (Å²) in [7, 11) is 0. The van der Waals surface area contributed by atoms with Crippen molar-refractivity contribution in [1.82, 2.24) is 0 Å². The molecule has 0 heterocycles. The third-order valence-corrected chi connectivity index (χ3v) is 3.53. The molecule has 0 aliphatic carbocycles. The van der Waals surface area contributed by atoms with E-state index >= 15 is 0 Å². The van der Waals surface area contributed by atoms with Crippen molar-refractivity contribution >= 4 is 6.16 Å². The van der Waals surface area contributed by atoms with Crippen LogP contribution in [0.4, 0.5) is 4.79 Å². The van der Waals surface area contributed by atoms with E-state index in [2.05, 4.69) is 11.8 Å². The Morgan fingerprint density at radius 1 is 0.773 bits per heavy atom. The molecule has 0 radical (unpaired) electrons. The molecule has 0 aliphatic heterocycles. The zero-order valence-corrected chi connectivity index (χ0v) is 14.9. The molecule has 0 atom stereocenters. The van der Waals surface area contributed by atoms with Gasteiger partial charge in [0.05, 0.1) is 12.7 Å². The van der Waals surface area contributed by atoms with Crippen LogP contribution in [0.15, 0.2) is 0 Å². The Hall–Kier alpha value is -0.770. The van der Waals surface area contributed by atoms with Crippen molar-refractivity contribution in [2.24, 2.45) is 0 Å². The molecule has 4 heteroatoms. The van der Waals surface area contributed by atoms with Gasteiger partial charge in [-0.3, -0.25) is 4.89 Å². The van der Waals surface area contributed by atoms with Crippen molar-refractivity contribution < 1.29 is 19.3 Å². The van der Waals surface area contributed by atoms with Gasteiger partial charge in [0.2, 0.25) is 0 Å². The Labute approximate surface area is 136 Å². The number of carbonyl (C=O) groups is 1. The molecular formula is C18H36O4. The molecule has 0 spiro atoms. The lowest BCUT2D eigenvalue weighted by Gasteiger charge is -2.06. The highest BCUT2D eigenvalue weighted by Crippen LogP contribution is 2.11. The Bertz CT molecular complexity index is 241. The van der Waals surface area contributed by atoms with E-state index in [1.54, 1.807) is 13.8 Å². The maximum Gasteiger partial charge on any atom is 0.540 e. The van der Waals surface area contributed by atoms with E-state index in [4.69, 9.17) is 9.62 Å². The van der Waals surface area contributed by atoms with Gasteiger partial charge in [-0.2, -0.15) is 4.89 Å². The van der Waals surface area contributed by atoms with Crippen LogP contribution in [0, 0.1) is 0 Å². The van der Waals surface area contributed by atoms with E-state index in [0.29, 0.717) is 6.61 Å². The smallest absolute Gasteiger partial charge is 0.432 e. The predicted molar refractivity (Wildman–Crippen MR) is 89.7 cm³/mol. The summed E-state index contributed by atoms with van der Waals surface area (Å²) in [4.78, 5) is 20.2. The molecule has 0 saturated heterocycles. The number of rotatable bonds is 15. The van der Waals surface area contributed by atoms with Gasteiger partial charge in [0.1, 0.15) is 0 Å². The van der Waals surface area contributed by atoms with E-state index < -0.39 is 6.16 Å². The third-order valence-electron chi connectivity index (χ3n) is 3.53. The van der Waals surface area contributed by atoms with Crippen LogP contribution in [-0.2, 0) is 14.5 Å². The van der Waals surface area contributed by atoms with Gasteiger partial charge in [-0.05, 0) is 20.3 Å². The molecule has 0 bridgehead atoms. The van der Waals surface area contributed by atoms with Gasteiger partial charge in [-0.15, -0.1) is 0 Å². The van der Waals surface area contributed by atoms with E-state index in [0.717, 1.165) is 12.8 Å². The molecular weight excluding hydrogens is 280 g/mol. The van der Waals surface area contributed by atoms with Gasteiger partial charge < -0.3 is 4.74 Å². The first-order valence-electron chi connectivity index (χ1n) is 9.17. The summed E-state index contributed by atoms with van der Waals surface area (Å²) in [6.45, 7) is 6.25. The minimum Gasteiger partial charge on any atom is -0.432 e. The van der Waals surface area contributed by atoms with Crippen molar-refractivity contribution in [3.8, 4) is 0 Å². The van der Waals surface area contributed by atoms with Crippen LogP contribution in [-0.4, -0.2) is 18.9 Å². The molecule has 0 rings (SSSR count). The van der Waals surface area contributed by atoms with Crippen molar-refractivity contribution in [3.63, 3.8) is 0 Å². The monoisotopic (exact) mass is 316 g/mol. The molecule has 4 nitrogen and oxygen atoms in total.